The third-order valence-corrected chi connectivity index (χ3v) is 8.25. The summed E-state index contributed by atoms with van der Waals surface area (Å²) in [6.45, 7) is 1.34. The minimum absolute atomic E-state index is 0.0402. The number of amides is 2. The first-order chi connectivity index (χ1) is 16.3. The Kier molecular flexibility index (Phi) is 6.94. The minimum Gasteiger partial charge on any atom is -0.342 e. The number of hydrogen-bond donors (Lipinski definition) is 0. The van der Waals surface area contributed by atoms with E-state index in [0.29, 0.717) is 13.1 Å². The Morgan fingerprint density at radius 2 is 1.65 bits per heavy atom. The van der Waals surface area contributed by atoms with Crippen LogP contribution >= 0.6 is 0 Å². The molecule has 34 heavy (non-hydrogen) atoms. The number of hydrogen-bond acceptors (Lipinski definition) is 6. The molecule has 2 fully saturated rings. The molecule has 2 aromatic rings. The second-order valence-electron chi connectivity index (χ2n) is 8.43. The van der Waals surface area contributed by atoms with Crippen molar-refractivity contribution in [3.05, 3.63) is 70.3 Å². The van der Waals surface area contributed by atoms with Crippen molar-refractivity contribution < 1.29 is 22.9 Å². The van der Waals surface area contributed by atoms with E-state index in [0.717, 1.165) is 18.1 Å². The van der Waals surface area contributed by atoms with Crippen molar-refractivity contribution in [1.29, 1.82) is 0 Å². The number of nitro groups is 1. The van der Waals surface area contributed by atoms with Gasteiger partial charge in [-0.25, -0.2) is 8.42 Å². The molecule has 0 saturated carbocycles. The van der Waals surface area contributed by atoms with Crippen LogP contribution in [0.5, 0.6) is 0 Å². The van der Waals surface area contributed by atoms with Gasteiger partial charge < -0.3 is 9.80 Å². The smallest absolute Gasteiger partial charge is 0.289 e. The Bertz CT molecular complexity index is 1180. The topological polar surface area (TPSA) is 121 Å². The van der Waals surface area contributed by atoms with E-state index >= 15 is 0 Å². The van der Waals surface area contributed by atoms with Crippen molar-refractivity contribution in [3.63, 3.8) is 0 Å². The fraction of sp³-hybridized carbons (Fsp3) is 0.391. The van der Waals surface area contributed by atoms with Gasteiger partial charge in [-0.2, -0.15) is 4.31 Å². The lowest BCUT2D eigenvalue weighted by Crippen LogP contribution is -2.52. The number of rotatable bonds is 7. The molecule has 0 radical (unpaired) electrons. The molecular weight excluding hydrogens is 460 g/mol. The van der Waals surface area contributed by atoms with E-state index in [1.54, 1.807) is 9.80 Å². The molecule has 0 N–H and O–H groups in total. The van der Waals surface area contributed by atoms with Crippen LogP contribution in [-0.2, 0) is 26.0 Å². The van der Waals surface area contributed by atoms with Crippen LogP contribution in [0.25, 0.3) is 0 Å². The van der Waals surface area contributed by atoms with E-state index < -0.39 is 26.6 Å². The van der Waals surface area contributed by atoms with Gasteiger partial charge in [0, 0.05) is 51.8 Å². The van der Waals surface area contributed by atoms with E-state index in [-0.39, 0.29) is 49.3 Å². The second-order valence-corrected chi connectivity index (χ2v) is 10.3. The summed E-state index contributed by atoms with van der Waals surface area (Å²) in [7, 11) is -4.07. The summed E-state index contributed by atoms with van der Waals surface area (Å²) in [5.41, 5.74) is 0.655. The zero-order valence-electron chi connectivity index (χ0n) is 18.6. The van der Waals surface area contributed by atoms with Gasteiger partial charge in [-0.1, -0.05) is 42.5 Å². The lowest BCUT2D eigenvalue weighted by molar-refractivity contribution is -0.387. The van der Waals surface area contributed by atoms with Crippen LogP contribution < -0.4 is 0 Å². The van der Waals surface area contributed by atoms with Crippen LogP contribution in [0.15, 0.2) is 59.5 Å². The van der Waals surface area contributed by atoms with E-state index in [4.69, 9.17) is 0 Å². The maximum atomic E-state index is 13.0. The second kappa shape index (κ2) is 9.90. The molecule has 2 amide bonds. The first-order valence-electron chi connectivity index (χ1n) is 11.1. The van der Waals surface area contributed by atoms with Gasteiger partial charge >= 0.3 is 0 Å². The summed E-state index contributed by atoms with van der Waals surface area (Å²) in [5, 5.41) is 11.3. The molecule has 2 saturated heterocycles. The molecule has 11 heteroatoms. The molecule has 10 nitrogen and oxygen atoms in total. The van der Waals surface area contributed by atoms with E-state index in [1.165, 1.54) is 22.5 Å². The van der Waals surface area contributed by atoms with Crippen molar-refractivity contribution in [1.82, 2.24) is 14.1 Å². The van der Waals surface area contributed by atoms with Crippen LogP contribution in [0.3, 0.4) is 0 Å². The largest absolute Gasteiger partial charge is 0.342 e. The van der Waals surface area contributed by atoms with Crippen molar-refractivity contribution in [3.8, 4) is 0 Å². The van der Waals surface area contributed by atoms with Crippen LogP contribution in [0.2, 0.25) is 0 Å². The number of carbonyl (C=O) groups excluding carboxylic acids is 2. The molecule has 1 unspecified atom stereocenters. The van der Waals surface area contributed by atoms with Crippen LogP contribution in [0.4, 0.5) is 5.69 Å². The molecule has 180 valence electrons. The van der Waals surface area contributed by atoms with Gasteiger partial charge in [0.05, 0.1) is 10.8 Å². The summed E-state index contributed by atoms with van der Waals surface area (Å²) in [5.74, 6) is -0.646. The lowest BCUT2D eigenvalue weighted by Gasteiger charge is -2.35. The summed E-state index contributed by atoms with van der Waals surface area (Å²) in [4.78, 5) is 39.0. The van der Waals surface area contributed by atoms with Crippen LogP contribution in [-0.4, -0.2) is 78.5 Å². The summed E-state index contributed by atoms with van der Waals surface area (Å²) < 4.78 is 27.1. The first-order valence-corrected chi connectivity index (χ1v) is 12.6. The van der Waals surface area contributed by atoms with Gasteiger partial charge in [-0.15, -0.1) is 0 Å². The van der Waals surface area contributed by atoms with Gasteiger partial charge in [0.2, 0.25) is 21.8 Å². The SMILES string of the molecule is O=C1CC(C(=O)N2CCN(S(=O)(=O)c3ccccc3[N+](=O)[O-])CC2)CN1CCc1ccccc1. The fourth-order valence-electron chi connectivity index (χ4n) is 4.43. The lowest BCUT2D eigenvalue weighted by atomic mass is 10.1. The van der Waals surface area contributed by atoms with Crippen molar-refractivity contribution in [2.45, 2.75) is 17.7 Å². The molecule has 0 aromatic heterocycles. The quantitative estimate of drug-likeness (QED) is 0.432. The standard InChI is InChI=1S/C23H26N4O6S/c28-22-16-19(17-25(22)11-10-18-6-2-1-3-7-18)23(29)24-12-14-26(15-13-24)34(32,33)21-9-5-4-8-20(21)27(30)31/h1-9,19H,10-17H2. The zero-order chi connectivity index (χ0) is 24.3. The predicted molar refractivity (Wildman–Crippen MR) is 123 cm³/mol. The molecule has 4 rings (SSSR count). The maximum Gasteiger partial charge on any atom is 0.289 e. The average molecular weight is 487 g/mol. The van der Waals surface area contributed by atoms with E-state index in [2.05, 4.69) is 0 Å². The molecule has 1 atom stereocenters. The highest BCUT2D eigenvalue weighted by Crippen LogP contribution is 2.28. The molecule has 0 spiro atoms. The molecule has 2 heterocycles. The number of nitro benzene ring substituents is 1. The molecule has 2 aliphatic heterocycles. The van der Waals surface area contributed by atoms with Gasteiger partial charge in [-0.05, 0) is 18.1 Å². The zero-order valence-corrected chi connectivity index (χ0v) is 19.4. The molecule has 0 bridgehead atoms. The van der Waals surface area contributed by atoms with Crippen molar-refractivity contribution in [2.75, 3.05) is 39.3 Å². The fourth-order valence-corrected chi connectivity index (χ4v) is 6.01. The number of nitrogens with zero attached hydrogens (tertiary/aromatic N) is 4. The number of piperazine rings is 1. The highest BCUT2D eigenvalue weighted by Gasteiger charge is 2.39. The number of likely N-dealkylation sites (tertiary alicyclic amines) is 1. The average Bonchev–Trinajstić information content (AvgIpc) is 3.23. The molecule has 2 aromatic carbocycles. The Morgan fingerprint density at radius 1 is 1.00 bits per heavy atom. The summed E-state index contributed by atoms with van der Waals surface area (Å²) >= 11 is 0. The van der Waals surface area contributed by atoms with E-state index in [1.807, 2.05) is 30.3 Å². The Hall–Kier alpha value is -3.31. The highest BCUT2D eigenvalue weighted by molar-refractivity contribution is 7.89. The summed E-state index contributed by atoms with van der Waals surface area (Å²) in [6.07, 6.45) is 0.873. The Morgan fingerprint density at radius 3 is 2.32 bits per heavy atom. The van der Waals surface area contributed by atoms with Crippen molar-refractivity contribution in [2.24, 2.45) is 5.92 Å². The van der Waals surface area contributed by atoms with Gasteiger partial charge in [0.15, 0.2) is 4.90 Å². The van der Waals surface area contributed by atoms with Crippen molar-refractivity contribution >= 4 is 27.5 Å². The minimum atomic E-state index is -4.07. The molecule has 2 aliphatic rings. The Labute approximate surface area is 198 Å². The Balaban J connectivity index is 1.34. The number of para-hydroxylation sites is 1. The third-order valence-electron chi connectivity index (χ3n) is 6.31. The molecule has 0 aliphatic carbocycles. The number of benzene rings is 2. The number of carbonyl (C=O) groups is 2. The van der Waals surface area contributed by atoms with Gasteiger partial charge in [0.1, 0.15) is 0 Å². The van der Waals surface area contributed by atoms with Gasteiger partial charge in [-0.3, -0.25) is 19.7 Å². The first kappa shape index (κ1) is 23.8. The van der Waals surface area contributed by atoms with Gasteiger partial charge in [0.25, 0.3) is 5.69 Å². The maximum absolute atomic E-state index is 13.0. The highest BCUT2D eigenvalue weighted by atomic mass is 32.2. The van der Waals surface area contributed by atoms with Crippen LogP contribution in [0, 0.1) is 16.0 Å². The normalized spacial score (nSPS) is 19.4. The monoisotopic (exact) mass is 486 g/mol. The van der Waals surface area contributed by atoms with Crippen LogP contribution in [0.1, 0.15) is 12.0 Å². The predicted octanol–water partition coefficient (Wildman–Crippen LogP) is 1.52. The number of sulfonamides is 1. The molecular formula is C23H26N4O6S. The summed E-state index contributed by atoms with van der Waals surface area (Å²) in [6, 6.07) is 15.1. The third kappa shape index (κ3) is 4.95. The van der Waals surface area contributed by atoms with E-state index in [9.17, 15) is 28.1 Å².